The lowest BCUT2D eigenvalue weighted by atomic mass is 10.1. The molecular weight excluding hydrogens is 218 g/mol. The van der Waals surface area contributed by atoms with Gasteiger partial charge in [-0.05, 0) is 24.1 Å². The summed E-state index contributed by atoms with van der Waals surface area (Å²) in [5, 5.41) is 8.95. The highest BCUT2D eigenvalue weighted by atomic mass is 35.5. The van der Waals surface area contributed by atoms with Crippen molar-refractivity contribution < 1.29 is 14.7 Å². The molecule has 0 unspecified atom stereocenters. The summed E-state index contributed by atoms with van der Waals surface area (Å²) in [6.45, 7) is 0. The van der Waals surface area contributed by atoms with Crippen molar-refractivity contribution in [2.45, 2.75) is 0 Å². The third-order valence-electron chi connectivity index (χ3n) is 1.47. The lowest BCUT2D eigenvalue weighted by Crippen LogP contribution is -2.06. The van der Waals surface area contributed by atoms with Crippen molar-refractivity contribution in [3.8, 4) is 11.8 Å². The van der Waals surface area contributed by atoms with Gasteiger partial charge in [0.2, 0.25) is 0 Å². The Labute approximate surface area is 90.7 Å². The minimum Gasteiger partial charge on any atom is -0.478 e. The molecule has 0 spiro atoms. The average Bonchev–Trinajstić information content (AvgIpc) is 2.13. The van der Waals surface area contributed by atoms with Crippen molar-refractivity contribution in [1.29, 1.82) is 0 Å². The first-order valence-corrected chi connectivity index (χ1v) is 4.22. The van der Waals surface area contributed by atoms with Gasteiger partial charge in [0.25, 0.3) is 5.91 Å². The summed E-state index contributed by atoms with van der Waals surface area (Å²) in [5.41, 5.74) is 5.16. The third-order valence-corrected chi connectivity index (χ3v) is 1.69. The van der Waals surface area contributed by atoms with Crippen molar-refractivity contribution in [3.63, 3.8) is 0 Å². The van der Waals surface area contributed by atoms with Crippen LogP contribution in [0.15, 0.2) is 18.2 Å². The van der Waals surface area contributed by atoms with E-state index < -0.39 is 11.9 Å². The molecule has 5 heteroatoms. The molecule has 0 aromatic heterocycles. The van der Waals surface area contributed by atoms with E-state index >= 15 is 0 Å². The summed E-state index contributed by atoms with van der Waals surface area (Å²) in [6.07, 6.45) is 0. The molecule has 0 saturated carbocycles. The van der Waals surface area contributed by atoms with Crippen LogP contribution in [0.1, 0.15) is 15.9 Å². The Morgan fingerprint density at radius 3 is 2.53 bits per heavy atom. The fourth-order valence-electron chi connectivity index (χ4n) is 0.919. The zero-order valence-electron chi connectivity index (χ0n) is 7.45. The van der Waals surface area contributed by atoms with Crippen LogP contribution in [0, 0.1) is 11.8 Å². The van der Waals surface area contributed by atoms with E-state index in [4.69, 9.17) is 22.4 Å². The number of carboxylic acids is 1. The number of hydrogen-bond donors (Lipinski definition) is 2. The van der Waals surface area contributed by atoms with E-state index in [9.17, 15) is 9.59 Å². The number of aromatic carboxylic acids is 1. The van der Waals surface area contributed by atoms with E-state index in [0.717, 1.165) is 0 Å². The molecule has 0 heterocycles. The Bertz CT molecular complexity index is 485. The van der Waals surface area contributed by atoms with Gasteiger partial charge in [-0.3, -0.25) is 4.79 Å². The van der Waals surface area contributed by atoms with Crippen molar-refractivity contribution in [2.24, 2.45) is 5.73 Å². The van der Waals surface area contributed by atoms with Gasteiger partial charge in [-0.2, -0.15) is 0 Å². The number of carbonyl (C=O) groups is 2. The molecule has 0 saturated heterocycles. The van der Waals surface area contributed by atoms with Crippen LogP contribution in [0.5, 0.6) is 0 Å². The maximum absolute atomic E-state index is 10.6. The summed E-state index contributed by atoms with van der Waals surface area (Å²) in [4.78, 5) is 21.0. The number of nitrogens with two attached hydrogens (primary N) is 1. The number of benzene rings is 1. The lowest BCUT2D eigenvalue weighted by Gasteiger charge is -1.97. The largest absolute Gasteiger partial charge is 0.478 e. The Kier molecular flexibility index (Phi) is 3.32. The maximum Gasteiger partial charge on any atom is 0.335 e. The second kappa shape index (κ2) is 4.49. The first-order chi connectivity index (χ1) is 6.99. The first-order valence-electron chi connectivity index (χ1n) is 3.84. The minimum absolute atomic E-state index is 0.0104. The summed E-state index contributed by atoms with van der Waals surface area (Å²) in [6, 6.07) is 4.05. The van der Waals surface area contributed by atoms with Crippen molar-refractivity contribution >= 4 is 23.5 Å². The first kappa shape index (κ1) is 11.1. The molecule has 0 aliphatic heterocycles. The highest BCUT2D eigenvalue weighted by Gasteiger charge is 2.04. The number of primary amides is 1. The smallest absolute Gasteiger partial charge is 0.335 e. The summed E-state index contributed by atoms with van der Waals surface area (Å²) < 4.78 is 0. The molecule has 15 heavy (non-hydrogen) atoms. The SMILES string of the molecule is NC(=O)C#Cc1cc(Cl)cc(C(=O)O)c1. The Morgan fingerprint density at radius 2 is 2.00 bits per heavy atom. The van der Waals surface area contributed by atoms with Crippen LogP contribution in [-0.4, -0.2) is 17.0 Å². The maximum atomic E-state index is 10.6. The van der Waals surface area contributed by atoms with Crippen LogP contribution >= 0.6 is 11.6 Å². The highest BCUT2D eigenvalue weighted by molar-refractivity contribution is 6.31. The Balaban J connectivity index is 3.17. The van der Waals surface area contributed by atoms with E-state index in [0.29, 0.717) is 5.56 Å². The van der Waals surface area contributed by atoms with Gasteiger partial charge in [0.15, 0.2) is 0 Å². The monoisotopic (exact) mass is 223 g/mol. The van der Waals surface area contributed by atoms with Gasteiger partial charge in [0, 0.05) is 10.6 Å². The van der Waals surface area contributed by atoms with Gasteiger partial charge in [-0.25, -0.2) is 4.79 Å². The topological polar surface area (TPSA) is 80.4 Å². The zero-order chi connectivity index (χ0) is 11.4. The van der Waals surface area contributed by atoms with Gasteiger partial charge in [-0.1, -0.05) is 17.5 Å². The number of carboxylic acid groups (broad SMARTS) is 1. The summed E-state index contributed by atoms with van der Waals surface area (Å²) in [7, 11) is 0. The van der Waals surface area contributed by atoms with Gasteiger partial charge >= 0.3 is 5.97 Å². The van der Waals surface area contributed by atoms with E-state index in [2.05, 4.69) is 11.8 Å². The molecule has 1 aromatic rings. The molecule has 0 aliphatic carbocycles. The van der Waals surface area contributed by atoms with Gasteiger partial charge in [-0.15, -0.1) is 0 Å². The number of rotatable bonds is 1. The quantitative estimate of drug-likeness (QED) is 0.694. The van der Waals surface area contributed by atoms with Crippen LogP contribution in [0.4, 0.5) is 0 Å². The fourth-order valence-corrected chi connectivity index (χ4v) is 1.15. The molecule has 3 N–H and O–H groups in total. The van der Waals surface area contributed by atoms with Gasteiger partial charge in [0.05, 0.1) is 5.56 Å². The molecular formula is C10H6ClNO3. The summed E-state index contributed by atoms with van der Waals surface area (Å²) >= 11 is 5.66. The fraction of sp³-hybridized carbons (Fsp3) is 0. The molecule has 4 nitrogen and oxygen atoms in total. The molecule has 0 radical (unpaired) electrons. The normalized spacial score (nSPS) is 8.87. The van der Waals surface area contributed by atoms with Crippen molar-refractivity contribution in [2.75, 3.05) is 0 Å². The standard InChI is InChI=1S/C10H6ClNO3/c11-8-4-6(1-2-9(12)13)3-7(5-8)10(14)15/h3-5H,(H2,12,13)(H,14,15). The van der Waals surface area contributed by atoms with E-state index in [1.807, 2.05) is 0 Å². The van der Waals surface area contributed by atoms with Gasteiger partial charge < -0.3 is 10.8 Å². The number of halogens is 1. The molecule has 0 bridgehead atoms. The number of amides is 1. The number of carbonyl (C=O) groups excluding carboxylic acids is 1. The molecule has 1 amide bonds. The van der Waals surface area contributed by atoms with E-state index in [1.54, 1.807) is 0 Å². The van der Waals surface area contributed by atoms with Crippen LogP contribution in [0.25, 0.3) is 0 Å². The summed E-state index contributed by atoms with van der Waals surface area (Å²) in [5.74, 6) is 2.60. The second-order valence-electron chi connectivity index (χ2n) is 2.65. The molecule has 0 fully saturated rings. The van der Waals surface area contributed by atoms with E-state index in [1.165, 1.54) is 18.2 Å². The Hall–Kier alpha value is -1.99. The Morgan fingerprint density at radius 1 is 1.33 bits per heavy atom. The van der Waals surface area contributed by atoms with Crippen molar-refractivity contribution in [3.05, 3.63) is 34.3 Å². The average molecular weight is 224 g/mol. The van der Waals surface area contributed by atoms with Crippen LogP contribution in [0.3, 0.4) is 0 Å². The van der Waals surface area contributed by atoms with Crippen LogP contribution in [0.2, 0.25) is 5.02 Å². The minimum atomic E-state index is -1.11. The van der Waals surface area contributed by atoms with Crippen molar-refractivity contribution in [1.82, 2.24) is 0 Å². The number of hydrogen-bond acceptors (Lipinski definition) is 2. The predicted molar refractivity (Wildman–Crippen MR) is 54.5 cm³/mol. The molecule has 1 aromatic carbocycles. The predicted octanol–water partition coefficient (Wildman–Crippen LogP) is 0.875. The van der Waals surface area contributed by atoms with Gasteiger partial charge in [0.1, 0.15) is 0 Å². The zero-order valence-corrected chi connectivity index (χ0v) is 8.21. The van der Waals surface area contributed by atoms with Crippen LogP contribution < -0.4 is 5.73 Å². The molecule has 0 aliphatic rings. The molecule has 0 atom stereocenters. The highest BCUT2D eigenvalue weighted by Crippen LogP contribution is 2.14. The second-order valence-corrected chi connectivity index (χ2v) is 3.08. The van der Waals surface area contributed by atoms with E-state index in [-0.39, 0.29) is 10.6 Å². The third kappa shape index (κ3) is 3.33. The molecule has 1 rings (SSSR count). The van der Waals surface area contributed by atoms with Crippen LogP contribution in [-0.2, 0) is 4.79 Å². The lowest BCUT2D eigenvalue weighted by molar-refractivity contribution is -0.112. The molecule has 76 valence electrons.